The number of aliphatic carboxylic acids is 1. The van der Waals surface area contributed by atoms with E-state index < -0.39 is 54.5 Å². The van der Waals surface area contributed by atoms with Gasteiger partial charge in [-0.1, -0.05) is 0 Å². The van der Waals surface area contributed by atoms with Crippen LogP contribution in [0, 0.1) is 0 Å². The van der Waals surface area contributed by atoms with Crippen molar-refractivity contribution >= 4 is 29.7 Å². The van der Waals surface area contributed by atoms with Crippen molar-refractivity contribution in [3.8, 4) is 0 Å². The molecule has 4 unspecified atom stereocenters. The predicted molar refractivity (Wildman–Crippen MR) is 124 cm³/mol. The van der Waals surface area contributed by atoms with Gasteiger partial charge in [-0.05, 0) is 51.5 Å². The number of carbonyl (C=O) groups excluding carboxylic acids is 3. The lowest BCUT2D eigenvalue weighted by molar-refractivity contribution is -0.145. The number of aliphatic imine (C=N–C) groups is 1. The molecule has 0 saturated carbocycles. The number of nitrogens with zero attached hydrogens (tertiary/aromatic N) is 2. The van der Waals surface area contributed by atoms with Crippen LogP contribution in [-0.2, 0) is 19.2 Å². The van der Waals surface area contributed by atoms with Crippen molar-refractivity contribution in [2.45, 2.75) is 69.1 Å². The van der Waals surface area contributed by atoms with E-state index in [9.17, 15) is 24.3 Å². The van der Waals surface area contributed by atoms with Crippen LogP contribution in [0.1, 0.15) is 44.9 Å². The van der Waals surface area contributed by atoms with Gasteiger partial charge in [0.15, 0.2) is 5.96 Å². The van der Waals surface area contributed by atoms with E-state index in [0.717, 1.165) is 0 Å². The number of carboxylic acids is 1. The number of hydrogen-bond donors (Lipinski definition) is 8. The second-order valence-electron chi connectivity index (χ2n) is 8.17. The monoisotopic (exact) mass is 486 g/mol. The van der Waals surface area contributed by atoms with Crippen molar-refractivity contribution in [2.75, 3.05) is 26.2 Å². The van der Waals surface area contributed by atoms with E-state index >= 15 is 0 Å². The zero-order chi connectivity index (χ0) is 25.7. The van der Waals surface area contributed by atoms with Gasteiger partial charge < -0.3 is 48.7 Å². The minimum absolute atomic E-state index is 0.107. The zero-order valence-corrected chi connectivity index (χ0v) is 19.3. The highest BCUT2D eigenvalue weighted by Gasteiger charge is 2.38. The first-order valence-electron chi connectivity index (χ1n) is 11.4. The van der Waals surface area contributed by atoms with E-state index in [4.69, 9.17) is 28.0 Å². The van der Waals surface area contributed by atoms with Crippen molar-refractivity contribution in [2.24, 2.45) is 27.9 Å². The molecule has 1 aliphatic rings. The molecule has 0 bridgehead atoms. The van der Waals surface area contributed by atoms with Gasteiger partial charge in [0.2, 0.25) is 17.7 Å². The van der Waals surface area contributed by atoms with Crippen LogP contribution in [0.2, 0.25) is 0 Å². The molecule has 0 aliphatic carbocycles. The molecular formula is C20H38N8O6. The lowest BCUT2D eigenvalue weighted by Gasteiger charge is -2.30. The van der Waals surface area contributed by atoms with E-state index in [2.05, 4.69) is 15.6 Å². The van der Waals surface area contributed by atoms with Crippen LogP contribution in [-0.4, -0.2) is 95.2 Å². The Morgan fingerprint density at radius 1 is 1.06 bits per heavy atom. The Balaban J connectivity index is 2.92. The largest absolute Gasteiger partial charge is 0.480 e. The maximum atomic E-state index is 13.3. The first kappa shape index (κ1) is 29.1. The zero-order valence-electron chi connectivity index (χ0n) is 19.3. The summed E-state index contributed by atoms with van der Waals surface area (Å²) in [6.45, 7) is 0.312. The van der Waals surface area contributed by atoms with Gasteiger partial charge in [0, 0.05) is 13.1 Å². The highest BCUT2D eigenvalue weighted by molar-refractivity contribution is 5.94. The topological polar surface area (TPSA) is 252 Å². The van der Waals surface area contributed by atoms with Gasteiger partial charge in [0.25, 0.3) is 0 Å². The molecule has 0 aromatic heterocycles. The molecule has 1 aliphatic heterocycles. The highest BCUT2D eigenvalue weighted by atomic mass is 16.4. The van der Waals surface area contributed by atoms with Gasteiger partial charge in [-0.25, -0.2) is 4.79 Å². The smallest absolute Gasteiger partial charge is 0.326 e. The maximum absolute atomic E-state index is 13.3. The molecule has 0 radical (unpaired) electrons. The number of carbonyl (C=O) groups is 4. The number of guanidine groups is 1. The standard InChI is InChI=1S/C20H38N8O6/c21-8-2-1-5-14(19(33)34)27-17(31)15-7-4-10-28(15)18(32)13(6-3-9-25-20(23)24)26-16(30)12(22)11-29/h12-15,29H,1-11,21-22H2,(H,26,30)(H,27,31)(H,33,34)(H4,23,24,25). The lowest BCUT2D eigenvalue weighted by Crippen LogP contribution is -2.57. The Kier molecular flexibility index (Phi) is 12.8. The maximum Gasteiger partial charge on any atom is 0.326 e. The molecule has 1 heterocycles. The second kappa shape index (κ2) is 15.0. The van der Waals surface area contributed by atoms with Crippen molar-refractivity contribution in [1.82, 2.24) is 15.5 Å². The van der Waals surface area contributed by atoms with Crippen LogP contribution in [0.25, 0.3) is 0 Å². The van der Waals surface area contributed by atoms with Gasteiger partial charge in [-0.2, -0.15) is 0 Å². The summed E-state index contributed by atoms with van der Waals surface area (Å²) in [5.74, 6) is -3.05. The summed E-state index contributed by atoms with van der Waals surface area (Å²) in [6, 6.07) is -4.19. The van der Waals surface area contributed by atoms with Gasteiger partial charge in [-0.15, -0.1) is 0 Å². The molecule has 194 valence electrons. The summed E-state index contributed by atoms with van der Waals surface area (Å²) < 4.78 is 0. The third-order valence-electron chi connectivity index (χ3n) is 5.49. The molecular weight excluding hydrogens is 448 g/mol. The molecule has 14 heteroatoms. The summed E-state index contributed by atoms with van der Waals surface area (Å²) in [4.78, 5) is 55.1. The van der Waals surface area contributed by atoms with Crippen molar-refractivity contribution in [3.05, 3.63) is 0 Å². The number of carboxylic acid groups (broad SMARTS) is 1. The molecule has 0 aromatic carbocycles. The van der Waals surface area contributed by atoms with Crippen LogP contribution in [0.4, 0.5) is 0 Å². The predicted octanol–water partition coefficient (Wildman–Crippen LogP) is -3.47. The van der Waals surface area contributed by atoms with Gasteiger partial charge in [0.1, 0.15) is 24.2 Å². The van der Waals surface area contributed by atoms with E-state index in [0.29, 0.717) is 38.6 Å². The minimum Gasteiger partial charge on any atom is -0.480 e. The molecule has 34 heavy (non-hydrogen) atoms. The van der Waals surface area contributed by atoms with Crippen LogP contribution in [0.3, 0.4) is 0 Å². The van der Waals surface area contributed by atoms with Gasteiger partial charge in [-0.3, -0.25) is 19.4 Å². The SMILES string of the molecule is NCCCCC(NC(=O)C1CCCN1C(=O)C(CCCN=C(N)N)NC(=O)C(N)CO)C(=O)O. The van der Waals surface area contributed by atoms with Crippen LogP contribution >= 0.6 is 0 Å². The van der Waals surface area contributed by atoms with Crippen LogP contribution in [0.15, 0.2) is 4.99 Å². The number of aliphatic hydroxyl groups is 1. The summed E-state index contributed by atoms with van der Waals surface area (Å²) >= 11 is 0. The number of rotatable bonds is 15. The van der Waals surface area contributed by atoms with Crippen molar-refractivity contribution < 1.29 is 29.4 Å². The van der Waals surface area contributed by atoms with Crippen molar-refractivity contribution in [1.29, 1.82) is 0 Å². The number of likely N-dealkylation sites (tertiary alicyclic amines) is 1. The summed E-state index contributed by atoms with van der Waals surface area (Å²) in [5.41, 5.74) is 21.6. The van der Waals surface area contributed by atoms with Gasteiger partial charge >= 0.3 is 5.97 Å². The Morgan fingerprint density at radius 2 is 1.74 bits per heavy atom. The third-order valence-corrected chi connectivity index (χ3v) is 5.49. The van der Waals surface area contributed by atoms with E-state index in [1.54, 1.807) is 0 Å². The number of amides is 3. The Bertz CT molecular complexity index is 730. The number of aliphatic hydroxyl groups excluding tert-OH is 1. The highest BCUT2D eigenvalue weighted by Crippen LogP contribution is 2.20. The molecule has 0 spiro atoms. The van der Waals surface area contributed by atoms with Crippen molar-refractivity contribution in [3.63, 3.8) is 0 Å². The molecule has 1 saturated heterocycles. The molecule has 0 aromatic rings. The molecule has 4 atom stereocenters. The number of hydrogen-bond acceptors (Lipinski definition) is 8. The first-order chi connectivity index (χ1) is 16.1. The van der Waals surface area contributed by atoms with Gasteiger partial charge in [0.05, 0.1) is 6.61 Å². The van der Waals surface area contributed by atoms with Crippen LogP contribution in [0.5, 0.6) is 0 Å². The quantitative estimate of drug-likeness (QED) is 0.0644. The number of nitrogens with one attached hydrogen (secondary N) is 2. The summed E-state index contributed by atoms with van der Waals surface area (Å²) in [5, 5.41) is 23.6. The summed E-state index contributed by atoms with van der Waals surface area (Å²) in [7, 11) is 0. The second-order valence-corrected chi connectivity index (χ2v) is 8.17. The Labute approximate surface area is 198 Å². The number of unbranched alkanes of at least 4 members (excludes halogenated alkanes) is 1. The molecule has 1 fully saturated rings. The Hall–Kier alpha value is -2.97. The minimum atomic E-state index is -1.21. The fraction of sp³-hybridized carbons (Fsp3) is 0.750. The summed E-state index contributed by atoms with van der Waals surface area (Å²) in [6.07, 6.45) is 2.82. The van der Waals surface area contributed by atoms with E-state index in [1.807, 2.05) is 0 Å². The average molecular weight is 487 g/mol. The molecule has 14 nitrogen and oxygen atoms in total. The van der Waals surface area contributed by atoms with E-state index in [-0.39, 0.29) is 31.9 Å². The molecule has 1 rings (SSSR count). The molecule has 12 N–H and O–H groups in total. The Morgan fingerprint density at radius 3 is 2.32 bits per heavy atom. The lowest BCUT2D eigenvalue weighted by atomic mass is 10.1. The number of nitrogens with two attached hydrogens (primary N) is 4. The normalized spacial score (nSPS) is 18.0. The third kappa shape index (κ3) is 9.49. The fourth-order valence-electron chi connectivity index (χ4n) is 3.64. The molecule has 3 amide bonds. The van der Waals surface area contributed by atoms with E-state index in [1.165, 1.54) is 4.90 Å². The first-order valence-corrected chi connectivity index (χ1v) is 11.4. The average Bonchev–Trinajstić information content (AvgIpc) is 3.29. The van der Waals surface area contributed by atoms with Crippen LogP contribution < -0.4 is 33.6 Å². The fourth-order valence-corrected chi connectivity index (χ4v) is 3.64.